The Balaban J connectivity index is 1.76. The largest absolute Gasteiger partial charge is 0.493 e. The van der Waals surface area contributed by atoms with Gasteiger partial charge in [0.15, 0.2) is 0 Å². The highest BCUT2D eigenvalue weighted by Gasteiger charge is 2.34. The number of amides is 2. The predicted molar refractivity (Wildman–Crippen MR) is 82.8 cm³/mol. The van der Waals surface area contributed by atoms with Crippen molar-refractivity contribution in [2.75, 3.05) is 11.9 Å². The van der Waals surface area contributed by atoms with Crippen LogP contribution >= 0.6 is 0 Å². The molecule has 0 fully saturated rings. The zero-order valence-electron chi connectivity index (χ0n) is 12.6. The Morgan fingerprint density at radius 3 is 2.95 bits per heavy atom. The molecule has 2 heterocycles. The van der Waals surface area contributed by atoms with Gasteiger partial charge in [0.05, 0.1) is 12.1 Å². The number of para-hydroxylation sites is 1. The fraction of sp³-hybridized carbons (Fsp3) is 0.312. The zero-order chi connectivity index (χ0) is 15.6. The van der Waals surface area contributed by atoms with E-state index >= 15 is 0 Å². The van der Waals surface area contributed by atoms with Crippen molar-refractivity contribution in [1.82, 2.24) is 15.3 Å². The summed E-state index contributed by atoms with van der Waals surface area (Å²) in [6.45, 7) is 4.35. The van der Waals surface area contributed by atoms with E-state index in [0.29, 0.717) is 24.7 Å². The second kappa shape index (κ2) is 5.63. The molecule has 6 nitrogen and oxygen atoms in total. The quantitative estimate of drug-likeness (QED) is 0.893. The van der Waals surface area contributed by atoms with E-state index < -0.39 is 5.54 Å². The molecule has 2 amide bonds. The maximum absolute atomic E-state index is 12.3. The van der Waals surface area contributed by atoms with Gasteiger partial charge in [-0.2, -0.15) is 0 Å². The summed E-state index contributed by atoms with van der Waals surface area (Å²) in [6.07, 6.45) is 2.32. The molecule has 0 bridgehead atoms. The number of urea groups is 1. The molecule has 1 aromatic heterocycles. The van der Waals surface area contributed by atoms with E-state index in [2.05, 4.69) is 20.6 Å². The standard InChI is InChI=1S/C16H18N4O2/c1-11-17-9-7-14(18-11)19-15(21)20-16(2)8-10-22-13-6-4-3-5-12(13)16/h3-7,9H,8,10H2,1-2H3,(H2,17,18,19,20,21). The number of carbonyl (C=O) groups is 1. The number of rotatable bonds is 2. The first kappa shape index (κ1) is 14.3. The molecule has 114 valence electrons. The van der Waals surface area contributed by atoms with Gasteiger partial charge in [0.25, 0.3) is 0 Å². The summed E-state index contributed by atoms with van der Waals surface area (Å²) < 4.78 is 5.64. The van der Waals surface area contributed by atoms with Gasteiger partial charge in [0.1, 0.15) is 17.4 Å². The average Bonchev–Trinajstić information content (AvgIpc) is 2.47. The van der Waals surface area contributed by atoms with Crippen molar-refractivity contribution in [3.63, 3.8) is 0 Å². The van der Waals surface area contributed by atoms with Crippen LogP contribution in [0.1, 0.15) is 24.7 Å². The third-order valence-corrected chi connectivity index (χ3v) is 3.75. The monoisotopic (exact) mass is 298 g/mol. The Bertz CT molecular complexity index is 704. The first-order chi connectivity index (χ1) is 10.6. The molecular weight excluding hydrogens is 280 g/mol. The zero-order valence-corrected chi connectivity index (χ0v) is 12.6. The third-order valence-electron chi connectivity index (χ3n) is 3.75. The summed E-state index contributed by atoms with van der Waals surface area (Å²) in [5, 5.41) is 5.77. The topological polar surface area (TPSA) is 76.1 Å². The molecule has 1 atom stereocenters. The van der Waals surface area contributed by atoms with Crippen molar-refractivity contribution < 1.29 is 9.53 Å². The lowest BCUT2D eigenvalue weighted by atomic mass is 9.86. The average molecular weight is 298 g/mol. The Hall–Kier alpha value is -2.63. The maximum atomic E-state index is 12.3. The normalized spacial score (nSPS) is 19.7. The molecule has 22 heavy (non-hydrogen) atoms. The van der Waals surface area contributed by atoms with Crippen LogP contribution in [-0.2, 0) is 5.54 Å². The second-order valence-corrected chi connectivity index (χ2v) is 5.49. The summed E-state index contributed by atoms with van der Waals surface area (Å²) in [5.41, 5.74) is 0.511. The molecule has 1 aromatic carbocycles. The van der Waals surface area contributed by atoms with Crippen molar-refractivity contribution in [3.8, 4) is 5.75 Å². The SMILES string of the molecule is Cc1nccc(NC(=O)NC2(C)CCOc3ccccc32)n1. The molecule has 1 unspecified atom stereocenters. The van der Waals surface area contributed by atoms with Crippen molar-refractivity contribution >= 4 is 11.8 Å². The van der Waals surface area contributed by atoms with Crippen LogP contribution in [0.3, 0.4) is 0 Å². The lowest BCUT2D eigenvalue weighted by Crippen LogP contribution is -2.48. The van der Waals surface area contributed by atoms with Crippen LogP contribution in [0, 0.1) is 6.92 Å². The van der Waals surface area contributed by atoms with Crippen LogP contribution in [0.15, 0.2) is 36.5 Å². The number of ether oxygens (including phenoxy) is 1. The summed E-state index contributed by atoms with van der Waals surface area (Å²) in [6, 6.07) is 9.13. The molecule has 0 aliphatic carbocycles. The van der Waals surface area contributed by atoms with Crippen LogP contribution in [0.5, 0.6) is 5.75 Å². The number of aryl methyl sites for hydroxylation is 1. The number of aromatic nitrogens is 2. The minimum atomic E-state index is -0.471. The van der Waals surface area contributed by atoms with Crippen LogP contribution in [0.4, 0.5) is 10.6 Å². The molecule has 0 saturated heterocycles. The Labute approximate surface area is 128 Å². The first-order valence-corrected chi connectivity index (χ1v) is 7.18. The number of anilines is 1. The molecule has 1 aliphatic heterocycles. The summed E-state index contributed by atoms with van der Waals surface area (Å²) in [7, 11) is 0. The minimum Gasteiger partial charge on any atom is -0.493 e. The van der Waals surface area contributed by atoms with Gasteiger partial charge >= 0.3 is 6.03 Å². The van der Waals surface area contributed by atoms with Crippen molar-refractivity contribution in [2.24, 2.45) is 0 Å². The number of hydrogen-bond donors (Lipinski definition) is 2. The van der Waals surface area contributed by atoms with Crippen LogP contribution in [0.25, 0.3) is 0 Å². The number of hydrogen-bond acceptors (Lipinski definition) is 4. The van der Waals surface area contributed by atoms with Gasteiger partial charge in [-0.25, -0.2) is 14.8 Å². The van der Waals surface area contributed by atoms with Crippen LogP contribution < -0.4 is 15.4 Å². The van der Waals surface area contributed by atoms with E-state index in [4.69, 9.17) is 4.74 Å². The second-order valence-electron chi connectivity index (χ2n) is 5.49. The van der Waals surface area contributed by atoms with Crippen molar-refractivity contribution in [3.05, 3.63) is 47.9 Å². The van der Waals surface area contributed by atoms with E-state index in [-0.39, 0.29) is 6.03 Å². The number of nitrogens with one attached hydrogen (secondary N) is 2. The van der Waals surface area contributed by atoms with Crippen LogP contribution in [-0.4, -0.2) is 22.6 Å². The van der Waals surface area contributed by atoms with Crippen LogP contribution in [0.2, 0.25) is 0 Å². The van der Waals surface area contributed by atoms with Gasteiger partial charge in [-0.05, 0) is 26.0 Å². The number of fused-ring (bicyclic) bond motifs is 1. The number of carbonyl (C=O) groups excluding carboxylic acids is 1. The minimum absolute atomic E-state index is 0.294. The third kappa shape index (κ3) is 2.86. The number of nitrogens with zero attached hydrogens (tertiary/aromatic N) is 2. The first-order valence-electron chi connectivity index (χ1n) is 7.18. The highest BCUT2D eigenvalue weighted by Crippen LogP contribution is 2.36. The highest BCUT2D eigenvalue weighted by atomic mass is 16.5. The summed E-state index contributed by atoms with van der Waals surface area (Å²) in [4.78, 5) is 20.5. The van der Waals surface area contributed by atoms with E-state index in [1.54, 1.807) is 19.2 Å². The molecule has 0 radical (unpaired) electrons. The van der Waals surface area contributed by atoms with Gasteiger partial charge in [-0.1, -0.05) is 18.2 Å². The van der Waals surface area contributed by atoms with Gasteiger partial charge < -0.3 is 10.1 Å². The van der Waals surface area contributed by atoms with Gasteiger partial charge in [-0.3, -0.25) is 5.32 Å². The van der Waals surface area contributed by atoms with E-state index in [9.17, 15) is 4.79 Å². The molecular formula is C16H18N4O2. The predicted octanol–water partition coefficient (Wildman–Crippen LogP) is 2.60. The smallest absolute Gasteiger partial charge is 0.321 e. The Kier molecular flexibility index (Phi) is 3.66. The lowest BCUT2D eigenvalue weighted by Gasteiger charge is -2.36. The lowest BCUT2D eigenvalue weighted by molar-refractivity contribution is 0.194. The molecule has 6 heteroatoms. The molecule has 1 aliphatic rings. The number of benzene rings is 1. The molecule has 2 N–H and O–H groups in total. The van der Waals surface area contributed by atoms with E-state index in [1.807, 2.05) is 31.2 Å². The maximum Gasteiger partial charge on any atom is 0.321 e. The molecule has 3 rings (SSSR count). The molecule has 2 aromatic rings. The molecule has 0 saturated carbocycles. The Morgan fingerprint density at radius 2 is 2.14 bits per heavy atom. The summed E-state index contributed by atoms with van der Waals surface area (Å²) >= 11 is 0. The van der Waals surface area contributed by atoms with Crippen molar-refractivity contribution in [1.29, 1.82) is 0 Å². The van der Waals surface area contributed by atoms with Gasteiger partial charge in [0.2, 0.25) is 0 Å². The van der Waals surface area contributed by atoms with Gasteiger partial charge in [0, 0.05) is 18.2 Å². The summed E-state index contributed by atoms with van der Waals surface area (Å²) in [5.74, 6) is 1.91. The fourth-order valence-corrected chi connectivity index (χ4v) is 2.60. The Morgan fingerprint density at radius 1 is 1.32 bits per heavy atom. The van der Waals surface area contributed by atoms with E-state index in [0.717, 1.165) is 11.3 Å². The van der Waals surface area contributed by atoms with E-state index in [1.165, 1.54) is 0 Å². The molecule has 0 spiro atoms. The van der Waals surface area contributed by atoms with Crippen molar-refractivity contribution in [2.45, 2.75) is 25.8 Å². The highest BCUT2D eigenvalue weighted by molar-refractivity contribution is 5.88. The fourth-order valence-electron chi connectivity index (χ4n) is 2.60. The van der Waals surface area contributed by atoms with Gasteiger partial charge in [-0.15, -0.1) is 0 Å².